The molecule has 5 heterocycles. The summed E-state index contributed by atoms with van der Waals surface area (Å²) in [5.74, 6) is 3.36. The molecule has 18 N–H and O–H groups in total. The smallest absolute Gasteiger partial charge is 0.232 e. The number of hydrogen-bond donors (Lipinski definition) is 17. The fourth-order valence-corrected chi connectivity index (χ4v) is 8.47. The zero-order valence-electron chi connectivity index (χ0n) is 37.6. The third-order valence-corrected chi connectivity index (χ3v) is 12.5. The lowest BCUT2D eigenvalue weighted by Gasteiger charge is -2.50. The van der Waals surface area contributed by atoms with Crippen molar-refractivity contribution >= 4 is 33.7 Å². The average molecular weight is 1100 g/mol. The molecule has 5 rings (SSSR count). The van der Waals surface area contributed by atoms with E-state index in [2.05, 4.69) is 53.3 Å². The van der Waals surface area contributed by atoms with Crippen LogP contribution in [0.5, 0.6) is 0 Å². The molecule has 0 radical (unpaired) electrons. The van der Waals surface area contributed by atoms with Crippen LogP contribution < -0.4 is 32.9 Å². The standard InChI is InChI=1S/C36H61BrN8O26/c1-9(49)40-42-18-17(44-60)29(13(6-48)67-33(18)70-30-15(8-63-38)64-32(39-16(51)3-37)20(24(30)55)43-41-10(2)50)69-36-28(59)31(71-35-25(56)19(45-61)21(52)11(4-46)66-35)23(54)14(68-36)7-62-34-27(58)26(57)22(53)12(5-47)65-34/h11-15,17-36,42-43,46-48,52-59H,3-8,38H2,1-2H3,(H,39,51)(H,40,49)(H,41,50)/t11?,12?,13?,14?,15?,17?,18?,19?,20?,21-,22-,23-,24?,25?,26?,27?,28?,29-,30-,31?,32-,33+,34+,35-,36+/m1/s1. The largest absolute Gasteiger partial charge is 0.394 e. The molecule has 25 atom stereocenters. The molecule has 0 spiro atoms. The first-order valence-corrected chi connectivity index (χ1v) is 22.9. The average Bonchev–Trinajstić information content (AvgIpc) is 3.34. The highest BCUT2D eigenvalue weighted by molar-refractivity contribution is 9.09. The molecule has 5 aliphatic heterocycles. The van der Waals surface area contributed by atoms with Crippen molar-refractivity contribution in [1.82, 2.24) is 27.0 Å². The fourth-order valence-electron chi connectivity index (χ4n) is 8.31. The molecule has 0 bridgehead atoms. The van der Waals surface area contributed by atoms with Crippen molar-refractivity contribution in [3.05, 3.63) is 9.81 Å². The van der Waals surface area contributed by atoms with Crippen LogP contribution in [0.3, 0.4) is 0 Å². The molecule has 5 fully saturated rings. The SMILES string of the molecule is CC(=O)NNC1C(N=O)[C@H](O[C@@H]2OC(CO[C@H]3OC(CO)[C@@H](O)C(O)C3O)[C@@H](O)C(O[C@H]3OC(CO)[C@@H](O)C(N=O)C3O)C2O)C(CO)O[C@H]1O[C@@H]1C(CON)O[C@@H](NC(=O)CBr)C(NNC(C)=O)C1O. The Morgan fingerprint density at radius 1 is 0.549 bits per heavy atom. The lowest BCUT2D eigenvalue weighted by Crippen LogP contribution is -2.72. The first-order chi connectivity index (χ1) is 33.8. The molecule has 408 valence electrons. The van der Waals surface area contributed by atoms with Gasteiger partial charge in [0, 0.05) is 13.8 Å². The number of nitrogens with two attached hydrogens (primary N) is 1. The van der Waals surface area contributed by atoms with Gasteiger partial charge >= 0.3 is 0 Å². The van der Waals surface area contributed by atoms with Gasteiger partial charge in [0.1, 0.15) is 116 Å². The highest BCUT2D eigenvalue weighted by Gasteiger charge is 2.57. The Labute approximate surface area is 409 Å². The Morgan fingerprint density at radius 2 is 1.08 bits per heavy atom. The van der Waals surface area contributed by atoms with Crippen LogP contribution in [0.4, 0.5) is 0 Å². The van der Waals surface area contributed by atoms with Gasteiger partial charge in [0.15, 0.2) is 31.2 Å². The second-order valence-corrected chi connectivity index (χ2v) is 17.4. The van der Waals surface area contributed by atoms with Crippen LogP contribution in [-0.2, 0) is 61.9 Å². The maximum atomic E-state index is 13.0. The molecule has 0 aromatic heterocycles. The monoisotopic (exact) mass is 1100 g/mol. The summed E-state index contributed by atoms with van der Waals surface area (Å²) in [7, 11) is 0. The van der Waals surface area contributed by atoms with E-state index in [-0.39, 0.29) is 5.33 Å². The third-order valence-electron chi connectivity index (χ3n) is 12.0. The van der Waals surface area contributed by atoms with Crippen LogP contribution >= 0.6 is 15.9 Å². The van der Waals surface area contributed by atoms with Gasteiger partial charge in [0.25, 0.3) is 0 Å². The normalized spacial score (nSPS) is 44.0. The summed E-state index contributed by atoms with van der Waals surface area (Å²) in [6.45, 7) is -2.10. The molecular weight excluding hydrogens is 1040 g/mol. The number of amides is 3. The summed E-state index contributed by atoms with van der Waals surface area (Å²) in [4.78, 5) is 66.0. The van der Waals surface area contributed by atoms with E-state index in [0.29, 0.717) is 0 Å². The minimum absolute atomic E-state index is 0.215. The van der Waals surface area contributed by atoms with Gasteiger partial charge in [-0.1, -0.05) is 26.3 Å². The second-order valence-electron chi connectivity index (χ2n) is 16.8. The molecule has 3 amide bonds. The van der Waals surface area contributed by atoms with Crippen LogP contribution in [0.2, 0.25) is 0 Å². The Bertz CT molecular complexity index is 1740. The zero-order valence-corrected chi connectivity index (χ0v) is 39.2. The lowest BCUT2D eigenvalue weighted by molar-refractivity contribution is -0.375. The Kier molecular flexibility index (Phi) is 22.5. The van der Waals surface area contributed by atoms with E-state index < -0.39 is 204 Å². The Balaban J connectivity index is 1.47. The molecule has 34 nitrogen and oxygen atoms in total. The van der Waals surface area contributed by atoms with E-state index in [1.165, 1.54) is 0 Å². The fraction of sp³-hybridized carbons (Fsp3) is 0.917. The molecule has 0 aromatic rings. The van der Waals surface area contributed by atoms with Crippen LogP contribution in [0.25, 0.3) is 0 Å². The number of halogens is 1. The summed E-state index contributed by atoms with van der Waals surface area (Å²) in [5.41, 5.74) is 9.54. The number of ether oxygens (including phenoxy) is 9. The molecular formula is C36H61BrN8O26. The van der Waals surface area contributed by atoms with E-state index in [1.807, 2.05) is 0 Å². The number of nitrogens with zero attached hydrogens (tertiary/aromatic N) is 2. The highest BCUT2D eigenvalue weighted by atomic mass is 79.9. The minimum atomic E-state index is -2.26. The summed E-state index contributed by atoms with van der Waals surface area (Å²) < 4.78 is 52.4. The summed E-state index contributed by atoms with van der Waals surface area (Å²) in [5, 5.41) is 126. The van der Waals surface area contributed by atoms with E-state index in [0.717, 1.165) is 13.8 Å². The first kappa shape index (κ1) is 59.0. The van der Waals surface area contributed by atoms with Gasteiger partial charge in [-0.25, -0.2) is 16.7 Å². The Morgan fingerprint density at radius 3 is 1.66 bits per heavy atom. The van der Waals surface area contributed by atoms with Crippen LogP contribution in [0, 0.1) is 9.81 Å². The maximum absolute atomic E-state index is 13.0. The van der Waals surface area contributed by atoms with Gasteiger partial charge in [0.05, 0.1) is 44.4 Å². The van der Waals surface area contributed by atoms with Crippen molar-refractivity contribution in [3.63, 3.8) is 0 Å². The topological polar surface area (TPSA) is 511 Å². The number of hydrogen-bond acceptors (Lipinski definition) is 31. The molecule has 15 unspecified atom stereocenters. The number of aliphatic hydroxyl groups is 11. The number of aliphatic hydroxyl groups excluding tert-OH is 11. The molecule has 71 heavy (non-hydrogen) atoms. The van der Waals surface area contributed by atoms with E-state index in [9.17, 15) is 80.4 Å². The first-order valence-electron chi connectivity index (χ1n) is 21.8. The van der Waals surface area contributed by atoms with E-state index in [4.69, 9.17) is 53.4 Å². The molecule has 0 aliphatic carbocycles. The van der Waals surface area contributed by atoms with Crippen molar-refractivity contribution in [3.8, 4) is 0 Å². The molecule has 0 aromatic carbocycles. The quantitative estimate of drug-likeness (QED) is 0.0272. The van der Waals surface area contributed by atoms with Gasteiger partial charge in [0.2, 0.25) is 17.7 Å². The number of carbonyl (C=O) groups is 3. The van der Waals surface area contributed by atoms with Gasteiger partial charge in [-0.2, -0.15) is 9.81 Å². The molecule has 5 aliphatic rings. The van der Waals surface area contributed by atoms with Crippen molar-refractivity contribution in [2.75, 3.05) is 38.4 Å². The summed E-state index contributed by atoms with van der Waals surface area (Å²) in [6.07, 6.45) is -38.7. The van der Waals surface area contributed by atoms with E-state index in [1.54, 1.807) is 0 Å². The number of carbonyl (C=O) groups excluding carboxylic acids is 3. The molecule has 5 saturated heterocycles. The van der Waals surface area contributed by atoms with Crippen molar-refractivity contribution in [2.24, 2.45) is 16.3 Å². The van der Waals surface area contributed by atoms with Gasteiger partial charge in [-0.05, 0) is 0 Å². The van der Waals surface area contributed by atoms with Crippen molar-refractivity contribution in [2.45, 2.75) is 167 Å². The van der Waals surface area contributed by atoms with Crippen molar-refractivity contribution < 1.29 is 118 Å². The highest BCUT2D eigenvalue weighted by Crippen LogP contribution is 2.36. The number of nitroso groups, excluding NO2 is 2. The number of hydrazine groups is 2. The lowest BCUT2D eigenvalue weighted by atomic mass is 9.93. The minimum Gasteiger partial charge on any atom is -0.394 e. The van der Waals surface area contributed by atoms with Crippen LogP contribution in [-0.4, -0.2) is 265 Å². The third kappa shape index (κ3) is 13.9. The molecule has 35 heteroatoms. The number of nitrogens with one attached hydrogen (secondary N) is 5. The van der Waals surface area contributed by atoms with Gasteiger partial charge < -0.3 is 109 Å². The second kappa shape index (κ2) is 27.1. The van der Waals surface area contributed by atoms with Gasteiger partial charge in [-0.3, -0.25) is 25.2 Å². The summed E-state index contributed by atoms with van der Waals surface area (Å²) in [6, 6.07) is -6.88. The maximum Gasteiger partial charge on any atom is 0.232 e. The number of alkyl halides is 1. The van der Waals surface area contributed by atoms with Crippen LogP contribution in [0.1, 0.15) is 13.8 Å². The predicted octanol–water partition coefficient (Wildman–Crippen LogP) is -10.7. The predicted molar refractivity (Wildman–Crippen MR) is 226 cm³/mol. The Hall–Kier alpha value is -2.87. The number of rotatable bonds is 22. The summed E-state index contributed by atoms with van der Waals surface area (Å²) >= 11 is 3.00. The van der Waals surface area contributed by atoms with Crippen LogP contribution in [0.15, 0.2) is 10.4 Å². The van der Waals surface area contributed by atoms with Gasteiger partial charge in [-0.15, -0.1) is 0 Å². The van der Waals surface area contributed by atoms with Crippen molar-refractivity contribution in [1.29, 1.82) is 0 Å². The van der Waals surface area contributed by atoms with E-state index >= 15 is 0 Å². The zero-order chi connectivity index (χ0) is 52.4. The molecule has 0 saturated carbocycles.